The molecule has 0 aromatic carbocycles. The maximum atomic E-state index is 10.8. The van der Waals surface area contributed by atoms with Crippen LogP contribution in [0.3, 0.4) is 0 Å². The van der Waals surface area contributed by atoms with E-state index in [1.165, 1.54) is 6.08 Å². The summed E-state index contributed by atoms with van der Waals surface area (Å²) in [7, 11) is 0. The van der Waals surface area contributed by atoms with E-state index < -0.39 is 0 Å². The molecule has 78 valence electrons. The summed E-state index contributed by atoms with van der Waals surface area (Å²) >= 11 is 0. The molecular weight excluding hydrogens is 184 g/mol. The highest BCUT2D eigenvalue weighted by Crippen LogP contribution is 1.88. The van der Waals surface area contributed by atoms with Crippen LogP contribution < -0.4 is 0 Å². The number of carbonyl (C=O) groups excluding carboxylic acids is 1. The zero-order chi connectivity index (χ0) is 11.4. The van der Waals surface area contributed by atoms with Gasteiger partial charge in [-0.05, 0) is 6.08 Å². The van der Waals surface area contributed by atoms with Crippen molar-refractivity contribution in [2.45, 2.75) is 6.42 Å². The predicted molar refractivity (Wildman–Crippen MR) is 66.6 cm³/mol. The van der Waals surface area contributed by atoms with Crippen molar-refractivity contribution in [1.29, 1.82) is 0 Å². The highest BCUT2D eigenvalue weighted by Gasteiger charge is 1.86. The lowest BCUT2D eigenvalue weighted by atomic mass is 10.2. The van der Waals surface area contributed by atoms with Gasteiger partial charge in [0.05, 0.1) is 0 Å². The number of hydrogen-bond acceptors (Lipinski definition) is 1. The molecule has 0 aromatic heterocycles. The summed E-state index contributed by atoms with van der Waals surface area (Å²) < 4.78 is 0. The van der Waals surface area contributed by atoms with Gasteiger partial charge in [-0.25, -0.2) is 0 Å². The van der Waals surface area contributed by atoms with Gasteiger partial charge in [0.15, 0.2) is 5.78 Å². The molecule has 0 heterocycles. The number of ketones is 1. The summed E-state index contributed by atoms with van der Waals surface area (Å²) in [5.41, 5.74) is 0. The average Bonchev–Trinajstić information content (AvgIpc) is 2.26. The van der Waals surface area contributed by atoms with Gasteiger partial charge < -0.3 is 0 Å². The van der Waals surface area contributed by atoms with Gasteiger partial charge in [-0.15, -0.1) is 0 Å². The third kappa shape index (κ3) is 10.0. The third-order valence-electron chi connectivity index (χ3n) is 1.49. The highest BCUT2D eigenvalue weighted by atomic mass is 16.1. The van der Waals surface area contributed by atoms with Crippen LogP contribution in [-0.4, -0.2) is 5.78 Å². The first-order valence-electron chi connectivity index (χ1n) is 4.74. The van der Waals surface area contributed by atoms with E-state index in [2.05, 4.69) is 13.2 Å². The molecule has 1 heteroatoms. The summed E-state index contributed by atoms with van der Waals surface area (Å²) in [4.78, 5) is 10.8. The molecule has 0 N–H and O–H groups in total. The predicted octanol–water partition coefficient (Wildman–Crippen LogP) is 3.54. The molecule has 0 saturated carbocycles. The van der Waals surface area contributed by atoms with Gasteiger partial charge in [-0.1, -0.05) is 67.8 Å². The Hall–Kier alpha value is -1.89. The fourth-order valence-electron chi connectivity index (χ4n) is 0.745. The SMILES string of the molecule is C=CC=CC=CC=CC=CCC(=O)C=C. The van der Waals surface area contributed by atoms with Crippen LogP contribution in [0.25, 0.3) is 0 Å². The zero-order valence-corrected chi connectivity index (χ0v) is 8.80. The largest absolute Gasteiger partial charge is 0.295 e. The second-order valence-corrected chi connectivity index (χ2v) is 2.69. The molecule has 0 rings (SSSR count). The van der Waals surface area contributed by atoms with Crippen molar-refractivity contribution in [1.82, 2.24) is 0 Å². The van der Waals surface area contributed by atoms with Crippen molar-refractivity contribution < 1.29 is 4.79 Å². The van der Waals surface area contributed by atoms with Crippen molar-refractivity contribution in [2.75, 3.05) is 0 Å². The minimum atomic E-state index is 0.0316. The molecule has 0 radical (unpaired) electrons. The smallest absolute Gasteiger partial charge is 0.158 e. The maximum Gasteiger partial charge on any atom is 0.158 e. The Morgan fingerprint density at radius 2 is 1.40 bits per heavy atom. The maximum absolute atomic E-state index is 10.8. The van der Waals surface area contributed by atoms with Gasteiger partial charge in [-0.3, -0.25) is 4.79 Å². The molecule has 0 spiro atoms. The quantitative estimate of drug-likeness (QED) is 0.454. The normalized spacial score (nSPS) is 12.0. The van der Waals surface area contributed by atoms with Crippen LogP contribution in [0.2, 0.25) is 0 Å². The molecular formula is C14H16O. The van der Waals surface area contributed by atoms with Crippen molar-refractivity contribution in [3.63, 3.8) is 0 Å². The lowest BCUT2D eigenvalue weighted by Gasteiger charge is -1.82. The lowest BCUT2D eigenvalue weighted by molar-refractivity contribution is -0.113. The first-order chi connectivity index (χ1) is 7.31. The molecule has 0 saturated heterocycles. The van der Waals surface area contributed by atoms with Crippen LogP contribution in [0.15, 0.2) is 73.9 Å². The first kappa shape index (κ1) is 13.1. The minimum absolute atomic E-state index is 0.0316. The van der Waals surface area contributed by atoms with Crippen LogP contribution in [-0.2, 0) is 4.79 Å². The molecule has 0 aromatic rings. The van der Waals surface area contributed by atoms with E-state index in [0.29, 0.717) is 6.42 Å². The second-order valence-electron chi connectivity index (χ2n) is 2.69. The van der Waals surface area contributed by atoms with Crippen molar-refractivity contribution in [3.05, 3.63) is 73.9 Å². The lowest BCUT2D eigenvalue weighted by Crippen LogP contribution is -1.85. The van der Waals surface area contributed by atoms with E-state index in [9.17, 15) is 4.79 Å². The van der Waals surface area contributed by atoms with Gasteiger partial charge in [0.25, 0.3) is 0 Å². The Bertz CT molecular complexity index is 314. The molecule has 1 nitrogen and oxygen atoms in total. The first-order valence-corrected chi connectivity index (χ1v) is 4.74. The zero-order valence-electron chi connectivity index (χ0n) is 8.80. The summed E-state index contributed by atoms with van der Waals surface area (Å²) in [6.07, 6.45) is 18.4. The molecule has 0 aliphatic heterocycles. The van der Waals surface area contributed by atoms with Gasteiger partial charge in [0.1, 0.15) is 0 Å². The van der Waals surface area contributed by atoms with Crippen LogP contribution >= 0.6 is 0 Å². The number of carbonyl (C=O) groups is 1. The van der Waals surface area contributed by atoms with Crippen molar-refractivity contribution in [3.8, 4) is 0 Å². The van der Waals surface area contributed by atoms with E-state index in [1.54, 1.807) is 12.2 Å². The van der Waals surface area contributed by atoms with Gasteiger partial charge in [0.2, 0.25) is 0 Å². The van der Waals surface area contributed by atoms with Crippen molar-refractivity contribution in [2.24, 2.45) is 0 Å². The van der Waals surface area contributed by atoms with Crippen LogP contribution in [0.4, 0.5) is 0 Å². The second kappa shape index (κ2) is 10.2. The molecule has 0 amide bonds. The van der Waals surface area contributed by atoms with Crippen molar-refractivity contribution >= 4 is 5.78 Å². The van der Waals surface area contributed by atoms with Gasteiger partial charge in [0, 0.05) is 6.42 Å². The number of rotatable bonds is 7. The average molecular weight is 200 g/mol. The summed E-state index contributed by atoms with van der Waals surface area (Å²) in [5.74, 6) is 0.0316. The Labute approximate surface area is 91.5 Å². The topological polar surface area (TPSA) is 17.1 Å². The number of hydrogen-bond donors (Lipinski definition) is 0. The summed E-state index contributed by atoms with van der Waals surface area (Å²) in [5, 5.41) is 0. The van der Waals surface area contributed by atoms with Gasteiger partial charge >= 0.3 is 0 Å². The Balaban J connectivity index is 3.74. The molecule has 0 aliphatic rings. The standard InChI is InChI=1S/C14H16O/c1-3-5-6-7-8-9-10-11-12-13-14(15)4-2/h3-12H,1-2,13H2. The monoisotopic (exact) mass is 200 g/mol. The van der Waals surface area contributed by atoms with Crippen LogP contribution in [0, 0.1) is 0 Å². The summed E-state index contributed by atoms with van der Waals surface area (Å²) in [6.45, 7) is 6.94. The van der Waals surface area contributed by atoms with Crippen LogP contribution in [0.1, 0.15) is 6.42 Å². The van der Waals surface area contributed by atoms with Crippen LogP contribution in [0.5, 0.6) is 0 Å². The molecule has 0 aliphatic carbocycles. The molecule has 15 heavy (non-hydrogen) atoms. The van der Waals surface area contributed by atoms with E-state index >= 15 is 0 Å². The molecule has 0 unspecified atom stereocenters. The molecule has 0 fully saturated rings. The van der Waals surface area contributed by atoms with E-state index in [1.807, 2.05) is 42.5 Å². The Morgan fingerprint density at radius 3 is 1.93 bits per heavy atom. The Kier molecular flexibility index (Phi) is 8.91. The minimum Gasteiger partial charge on any atom is -0.295 e. The van der Waals surface area contributed by atoms with E-state index in [0.717, 1.165) is 0 Å². The number of allylic oxidation sites excluding steroid dienone is 10. The third-order valence-corrected chi connectivity index (χ3v) is 1.49. The van der Waals surface area contributed by atoms with E-state index in [-0.39, 0.29) is 5.78 Å². The summed E-state index contributed by atoms with van der Waals surface area (Å²) in [6, 6.07) is 0. The molecule has 0 atom stereocenters. The van der Waals surface area contributed by atoms with Gasteiger partial charge in [-0.2, -0.15) is 0 Å². The fourth-order valence-corrected chi connectivity index (χ4v) is 0.745. The highest BCUT2D eigenvalue weighted by molar-refractivity contribution is 5.90. The molecule has 0 bridgehead atoms. The Morgan fingerprint density at radius 1 is 0.867 bits per heavy atom. The van der Waals surface area contributed by atoms with E-state index in [4.69, 9.17) is 0 Å². The fraction of sp³-hybridized carbons (Fsp3) is 0.0714.